The van der Waals surface area contributed by atoms with Crippen molar-refractivity contribution >= 4 is 22.4 Å². The number of aryl methyl sites for hydroxylation is 2. The van der Waals surface area contributed by atoms with Crippen molar-refractivity contribution in [2.75, 3.05) is 12.4 Å². The van der Waals surface area contributed by atoms with E-state index in [9.17, 15) is 4.79 Å². The fourth-order valence-corrected chi connectivity index (χ4v) is 3.05. The van der Waals surface area contributed by atoms with Gasteiger partial charge in [-0.05, 0) is 36.8 Å². The summed E-state index contributed by atoms with van der Waals surface area (Å²) in [6, 6.07) is 11.7. The van der Waals surface area contributed by atoms with Gasteiger partial charge in [0.1, 0.15) is 5.75 Å². The second-order valence-electron chi connectivity index (χ2n) is 5.68. The number of benzene rings is 1. The average Bonchev–Trinajstić information content (AvgIpc) is 3.10. The number of thiazole rings is 1. The highest BCUT2D eigenvalue weighted by molar-refractivity contribution is 7.14. The van der Waals surface area contributed by atoms with Gasteiger partial charge in [0, 0.05) is 23.1 Å². The zero-order valence-corrected chi connectivity index (χ0v) is 17.0. The highest BCUT2D eigenvalue weighted by Gasteiger charge is 2.10. The van der Waals surface area contributed by atoms with Crippen LogP contribution in [0.25, 0.3) is 11.3 Å². The summed E-state index contributed by atoms with van der Waals surface area (Å²) in [7, 11) is 1.64. The lowest BCUT2D eigenvalue weighted by Gasteiger charge is -2.01. The number of methoxy groups -OCH3 is 1. The van der Waals surface area contributed by atoms with Crippen LogP contribution >= 0.6 is 11.3 Å². The summed E-state index contributed by atoms with van der Waals surface area (Å²) in [5, 5.41) is 5.42. The Morgan fingerprint density at radius 2 is 1.88 bits per heavy atom. The van der Waals surface area contributed by atoms with E-state index in [1.54, 1.807) is 7.11 Å². The maximum Gasteiger partial charge on any atom is 0.232 e. The molecule has 7 heteroatoms. The molecule has 1 amide bonds. The van der Waals surface area contributed by atoms with Gasteiger partial charge in [-0.1, -0.05) is 0 Å². The van der Waals surface area contributed by atoms with Crippen LogP contribution in [0.1, 0.15) is 12.0 Å². The summed E-state index contributed by atoms with van der Waals surface area (Å²) in [6.45, 7) is 2.68. The topological polar surface area (TPSA) is 55.1 Å². The predicted molar refractivity (Wildman–Crippen MR) is 98.7 cm³/mol. The lowest BCUT2D eigenvalue weighted by atomic mass is 10.2. The molecule has 136 valence electrons. The molecule has 26 heavy (non-hydrogen) atoms. The first-order valence-electron chi connectivity index (χ1n) is 7.99. The Kier molecular flexibility index (Phi) is 7.29. The van der Waals surface area contributed by atoms with E-state index in [4.69, 9.17) is 4.74 Å². The highest BCUT2D eigenvalue weighted by Crippen LogP contribution is 2.26. The molecule has 2 aromatic heterocycles. The van der Waals surface area contributed by atoms with Crippen molar-refractivity contribution in [1.29, 1.82) is 0 Å². The molecule has 0 spiro atoms. The van der Waals surface area contributed by atoms with E-state index in [0.717, 1.165) is 17.0 Å². The minimum Gasteiger partial charge on any atom is -1.00 e. The molecule has 0 aliphatic carbocycles. The third-order valence-electron chi connectivity index (χ3n) is 3.79. The van der Waals surface area contributed by atoms with Gasteiger partial charge in [0.15, 0.2) is 24.1 Å². The monoisotopic (exact) mass is 433 g/mol. The Morgan fingerprint density at radius 3 is 2.54 bits per heavy atom. The molecule has 0 radical (unpaired) electrons. The number of hydrogen-bond acceptors (Lipinski definition) is 4. The summed E-state index contributed by atoms with van der Waals surface area (Å²) in [6.07, 6.45) is 4.37. The van der Waals surface area contributed by atoms with Crippen LogP contribution in [0.4, 0.5) is 5.13 Å². The third-order valence-corrected chi connectivity index (χ3v) is 4.55. The van der Waals surface area contributed by atoms with Crippen LogP contribution in [0.3, 0.4) is 0 Å². The van der Waals surface area contributed by atoms with Gasteiger partial charge in [0.2, 0.25) is 5.91 Å². The van der Waals surface area contributed by atoms with E-state index < -0.39 is 0 Å². The number of carbonyl (C=O) groups excluding carboxylic acids is 1. The van der Waals surface area contributed by atoms with Crippen molar-refractivity contribution in [2.45, 2.75) is 19.9 Å². The first kappa shape index (κ1) is 20.1. The fraction of sp³-hybridized carbons (Fsp3) is 0.211. The lowest BCUT2D eigenvalue weighted by Crippen LogP contribution is -3.00. The second kappa shape index (κ2) is 9.45. The van der Waals surface area contributed by atoms with E-state index >= 15 is 0 Å². The number of nitrogens with zero attached hydrogens (tertiary/aromatic N) is 2. The lowest BCUT2D eigenvalue weighted by molar-refractivity contribution is -0.695. The van der Waals surface area contributed by atoms with E-state index in [2.05, 4.69) is 10.3 Å². The summed E-state index contributed by atoms with van der Waals surface area (Å²) >= 11 is 1.43. The van der Waals surface area contributed by atoms with Gasteiger partial charge in [-0.25, -0.2) is 9.55 Å². The Morgan fingerprint density at radius 1 is 1.19 bits per heavy atom. The number of nitrogens with one attached hydrogen (secondary N) is 1. The highest BCUT2D eigenvalue weighted by atomic mass is 79.9. The SMILES string of the molecule is COc1ccc(-c2csc(NC(=O)CC[n+]3ccc(C)cc3)n2)cc1.[Br-]. The number of pyridine rings is 1. The number of halogens is 1. The van der Waals surface area contributed by atoms with Crippen molar-refractivity contribution in [3.8, 4) is 17.0 Å². The van der Waals surface area contributed by atoms with E-state index in [1.165, 1.54) is 16.9 Å². The number of amides is 1. The molecule has 0 saturated heterocycles. The molecule has 0 aliphatic rings. The molecule has 0 saturated carbocycles. The molecule has 0 atom stereocenters. The number of hydrogen-bond donors (Lipinski definition) is 1. The van der Waals surface area contributed by atoms with Crippen LogP contribution in [0.15, 0.2) is 54.2 Å². The molecule has 1 aromatic carbocycles. The number of carbonyl (C=O) groups is 1. The predicted octanol–water partition coefficient (Wildman–Crippen LogP) is 0.447. The standard InChI is InChI=1S/C19H19N3O2S.BrH/c1-14-7-10-22(11-8-14)12-9-18(23)21-19-20-17(13-25-19)15-3-5-16(24-2)6-4-15;/h3-8,10-11,13H,9,12H2,1-2H3;1H. The molecule has 5 nitrogen and oxygen atoms in total. The molecule has 2 heterocycles. The van der Waals surface area contributed by atoms with E-state index in [1.807, 2.05) is 65.7 Å². The number of anilines is 1. The fourth-order valence-electron chi connectivity index (χ4n) is 2.32. The van der Waals surface area contributed by atoms with Gasteiger partial charge in [-0.15, -0.1) is 11.3 Å². The Hall–Kier alpha value is -2.25. The molecule has 0 aliphatic heterocycles. The minimum atomic E-state index is -0.0382. The molecule has 0 bridgehead atoms. The van der Waals surface area contributed by atoms with Crippen molar-refractivity contribution in [3.63, 3.8) is 0 Å². The molecular weight excluding hydrogens is 414 g/mol. The summed E-state index contributed by atoms with van der Waals surface area (Å²) in [4.78, 5) is 16.6. The van der Waals surface area contributed by atoms with Gasteiger partial charge >= 0.3 is 0 Å². The van der Waals surface area contributed by atoms with Crippen LogP contribution in [-0.2, 0) is 11.3 Å². The van der Waals surface area contributed by atoms with Gasteiger partial charge in [-0.3, -0.25) is 4.79 Å². The second-order valence-corrected chi connectivity index (χ2v) is 6.54. The van der Waals surface area contributed by atoms with Crippen molar-refractivity contribution < 1.29 is 31.1 Å². The first-order chi connectivity index (χ1) is 12.1. The van der Waals surface area contributed by atoms with Crippen LogP contribution in [0.2, 0.25) is 0 Å². The Labute approximate surface area is 167 Å². The molecule has 0 fully saturated rings. The summed E-state index contributed by atoms with van der Waals surface area (Å²) < 4.78 is 7.15. The largest absolute Gasteiger partial charge is 1.00 e. The van der Waals surface area contributed by atoms with E-state index in [-0.39, 0.29) is 22.9 Å². The maximum atomic E-state index is 12.1. The quantitative estimate of drug-likeness (QED) is 0.574. The number of ether oxygens (including phenoxy) is 1. The van der Waals surface area contributed by atoms with Crippen LogP contribution in [-0.4, -0.2) is 18.0 Å². The van der Waals surface area contributed by atoms with Crippen molar-refractivity contribution in [3.05, 3.63) is 59.7 Å². The van der Waals surface area contributed by atoms with Gasteiger partial charge in [0.25, 0.3) is 0 Å². The molecule has 1 N–H and O–H groups in total. The molecule has 0 unspecified atom stereocenters. The van der Waals surface area contributed by atoms with Gasteiger partial charge < -0.3 is 27.0 Å². The summed E-state index contributed by atoms with van der Waals surface area (Å²) in [5.41, 5.74) is 3.04. The maximum absolute atomic E-state index is 12.1. The van der Waals surface area contributed by atoms with E-state index in [0.29, 0.717) is 18.1 Å². The smallest absolute Gasteiger partial charge is 0.232 e. The third kappa shape index (κ3) is 5.37. The molecule has 3 aromatic rings. The van der Waals surface area contributed by atoms with Gasteiger partial charge in [0.05, 0.1) is 19.2 Å². The average molecular weight is 434 g/mol. The zero-order chi connectivity index (χ0) is 17.6. The zero-order valence-electron chi connectivity index (χ0n) is 14.6. The summed E-state index contributed by atoms with van der Waals surface area (Å²) in [5.74, 6) is 0.768. The normalized spacial score (nSPS) is 10.1. The Balaban J connectivity index is 0.00000243. The molecule has 3 rings (SSSR count). The van der Waals surface area contributed by atoms with Crippen LogP contribution in [0.5, 0.6) is 5.75 Å². The molecular formula is C19H20BrN3O2S. The number of aromatic nitrogens is 2. The van der Waals surface area contributed by atoms with Crippen LogP contribution in [0, 0.1) is 6.92 Å². The van der Waals surface area contributed by atoms with Crippen LogP contribution < -0.4 is 31.6 Å². The minimum absolute atomic E-state index is 0. The van der Waals surface area contributed by atoms with Gasteiger partial charge in [-0.2, -0.15) is 0 Å². The Bertz CT molecular complexity index is 848. The first-order valence-corrected chi connectivity index (χ1v) is 8.87. The van der Waals surface area contributed by atoms with Crippen molar-refractivity contribution in [1.82, 2.24) is 4.98 Å². The van der Waals surface area contributed by atoms with Crippen molar-refractivity contribution in [2.24, 2.45) is 0 Å². The number of rotatable bonds is 6.